The third-order valence-corrected chi connectivity index (χ3v) is 13.5. The lowest BCUT2D eigenvalue weighted by molar-refractivity contribution is -0.870. The Morgan fingerprint density at radius 2 is 0.894 bits per heavy atom. The quantitative estimate of drug-likeness (QED) is 0.0272. The van der Waals surface area contributed by atoms with E-state index in [0.717, 1.165) is 44.9 Å². The molecule has 0 aromatic heterocycles. The van der Waals surface area contributed by atoms with Crippen molar-refractivity contribution in [2.24, 2.45) is 0 Å². The summed E-state index contributed by atoms with van der Waals surface area (Å²) >= 11 is 0. The van der Waals surface area contributed by atoms with E-state index in [0.29, 0.717) is 17.4 Å². The minimum Gasteiger partial charge on any atom is -0.756 e. The first kappa shape index (κ1) is 64.5. The van der Waals surface area contributed by atoms with Gasteiger partial charge in [-0.2, -0.15) is 0 Å². The lowest BCUT2D eigenvalue weighted by Crippen LogP contribution is -2.45. The van der Waals surface area contributed by atoms with Crippen LogP contribution in [0.25, 0.3) is 0 Å². The van der Waals surface area contributed by atoms with Gasteiger partial charge in [0.2, 0.25) is 5.91 Å². The maximum Gasteiger partial charge on any atom is 0.268 e. The molecular weight excluding hydrogens is 840 g/mol. The van der Waals surface area contributed by atoms with Gasteiger partial charge in [-0.15, -0.1) is 0 Å². The molecule has 0 saturated carbocycles. The summed E-state index contributed by atoms with van der Waals surface area (Å²) in [7, 11) is 1.24. The van der Waals surface area contributed by atoms with Crippen LogP contribution >= 0.6 is 7.82 Å². The summed E-state index contributed by atoms with van der Waals surface area (Å²) in [6.45, 7) is 4.64. The fraction of sp³-hybridized carbons (Fsp3) is 0.842. The van der Waals surface area contributed by atoms with E-state index in [1.54, 1.807) is 6.08 Å². The largest absolute Gasteiger partial charge is 0.756 e. The standard InChI is InChI=1S/C57H109N2O6P/c1-6-8-10-12-14-16-18-20-22-24-25-26-27-28-29-30-31-32-33-35-37-39-41-43-45-47-49-51-57(61)58-55(54-65-66(62,63)64-53-52-59(3,4)5)56(60)50-48-46-44-42-40-38-36-34-23-21-19-17-15-13-11-9-7-2/h25-26,28-29,40,42,48,50,55-56,60H,6-24,27,30-39,41,43-47,49,51-54H2,1-5H3,(H-,58,61,62,63)/b26-25-,29-28-,42-40+,50-48+. The van der Waals surface area contributed by atoms with Gasteiger partial charge in [-0.25, -0.2) is 0 Å². The third kappa shape index (κ3) is 50.3. The van der Waals surface area contributed by atoms with E-state index in [1.165, 1.54) is 193 Å². The second-order valence-electron chi connectivity index (χ2n) is 20.3. The second-order valence-corrected chi connectivity index (χ2v) is 21.7. The van der Waals surface area contributed by atoms with Crippen LogP contribution in [0.4, 0.5) is 0 Å². The zero-order chi connectivity index (χ0) is 48.5. The van der Waals surface area contributed by atoms with Crippen molar-refractivity contribution in [2.75, 3.05) is 40.9 Å². The molecule has 0 spiro atoms. The molecule has 0 heterocycles. The molecule has 0 saturated heterocycles. The molecule has 0 aromatic rings. The number of quaternary nitrogens is 1. The smallest absolute Gasteiger partial charge is 0.268 e. The van der Waals surface area contributed by atoms with E-state index in [1.807, 2.05) is 27.2 Å². The monoisotopic (exact) mass is 949 g/mol. The van der Waals surface area contributed by atoms with Gasteiger partial charge in [0.1, 0.15) is 13.2 Å². The molecule has 0 radical (unpaired) electrons. The van der Waals surface area contributed by atoms with Gasteiger partial charge in [0, 0.05) is 6.42 Å². The molecule has 2 N–H and O–H groups in total. The van der Waals surface area contributed by atoms with Crippen molar-refractivity contribution < 1.29 is 32.9 Å². The van der Waals surface area contributed by atoms with Crippen LogP contribution < -0.4 is 10.2 Å². The summed E-state index contributed by atoms with van der Waals surface area (Å²) in [6, 6.07) is -0.905. The molecule has 0 aliphatic heterocycles. The number of aliphatic hydroxyl groups is 1. The molecule has 0 aliphatic rings. The van der Waals surface area contributed by atoms with Gasteiger partial charge in [0.15, 0.2) is 0 Å². The van der Waals surface area contributed by atoms with E-state index in [4.69, 9.17) is 9.05 Å². The number of aliphatic hydroxyl groups excluding tert-OH is 1. The Labute approximate surface area is 409 Å². The third-order valence-electron chi connectivity index (χ3n) is 12.5. The van der Waals surface area contributed by atoms with Gasteiger partial charge >= 0.3 is 0 Å². The van der Waals surface area contributed by atoms with E-state index in [2.05, 4.69) is 55.6 Å². The number of phosphoric acid groups is 1. The van der Waals surface area contributed by atoms with Crippen LogP contribution in [0.5, 0.6) is 0 Å². The van der Waals surface area contributed by atoms with Gasteiger partial charge in [-0.1, -0.05) is 236 Å². The zero-order valence-electron chi connectivity index (χ0n) is 44.1. The van der Waals surface area contributed by atoms with Crippen LogP contribution in [-0.4, -0.2) is 68.5 Å². The first-order chi connectivity index (χ1) is 32.0. The predicted molar refractivity (Wildman–Crippen MR) is 284 cm³/mol. The number of unbranched alkanes of at least 4 members (excludes halogenated alkanes) is 32. The van der Waals surface area contributed by atoms with Crippen molar-refractivity contribution in [3.8, 4) is 0 Å². The predicted octanol–water partition coefficient (Wildman–Crippen LogP) is 16.1. The van der Waals surface area contributed by atoms with Crippen LogP contribution in [0.3, 0.4) is 0 Å². The van der Waals surface area contributed by atoms with E-state index in [-0.39, 0.29) is 12.5 Å². The molecule has 66 heavy (non-hydrogen) atoms. The highest BCUT2D eigenvalue weighted by atomic mass is 31.2. The van der Waals surface area contributed by atoms with Crippen molar-refractivity contribution in [1.29, 1.82) is 0 Å². The number of rotatable bonds is 51. The highest BCUT2D eigenvalue weighted by Crippen LogP contribution is 2.38. The van der Waals surface area contributed by atoms with E-state index < -0.39 is 26.6 Å². The number of amides is 1. The number of carbonyl (C=O) groups is 1. The molecule has 0 bridgehead atoms. The van der Waals surface area contributed by atoms with Gasteiger partial charge in [-0.3, -0.25) is 9.36 Å². The maximum absolute atomic E-state index is 12.9. The molecule has 3 atom stereocenters. The Bertz CT molecular complexity index is 1210. The Kier molecular flexibility index (Phi) is 47.4. The summed E-state index contributed by atoms with van der Waals surface area (Å²) in [4.78, 5) is 25.5. The van der Waals surface area contributed by atoms with Crippen molar-refractivity contribution >= 4 is 13.7 Å². The molecule has 0 fully saturated rings. The lowest BCUT2D eigenvalue weighted by atomic mass is 10.0. The fourth-order valence-electron chi connectivity index (χ4n) is 8.08. The van der Waals surface area contributed by atoms with Crippen LogP contribution in [0.1, 0.15) is 258 Å². The summed E-state index contributed by atoms with van der Waals surface area (Å²) in [6.07, 6.45) is 63.3. The Hall–Kier alpha value is -1.54. The average molecular weight is 949 g/mol. The number of allylic oxidation sites excluding steroid dienone is 7. The normalized spacial score (nSPS) is 14.3. The number of phosphoric ester groups is 1. The number of nitrogens with zero attached hydrogens (tertiary/aromatic N) is 1. The van der Waals surface area contributed by atoms with E-state index in [9.17, 15) is 19.4 Å². The van der Waals surface area contributed by atoms with Crippen LogP contribution in [0.15, 0.2) is 48.6 Å². The molecule has 388 valence electrons. The Balaban J connectivity index is 4.23. The van der Waals surface area contributed by atoms with Gasteiger partial charge in [-0.05, 0) is 64.2 Å². The number of nitrogens with one attached hydrogen (secondary N) is 1. The summed E-state index contributed by atoms with van der Waals surface area (Å²) < 4.78 is 23.3. The Morgan fingerprint density at radius 3 is 1.32 bits per heavy atom. The molecular formula is C57H109N2O6P. The van der Waals surface area contributed by atoms with Crippen molar-refractivity contribution in [3.63, 3.8) is 0 Å². The van der Waals surface area contributed by atoms with Crippen LogP contribution in [0.2, 0.25) is 0 Å². The number of hydrogen-bond acceptors (Lipinski definition) is 6. The maximum atomic E-state index is 12.9. The number of likely N-dealkylation sites (N-methyl/N-ethyl adjacent to an activating group) is 1. The average Bonchev–Trinajstić information content (AvgIpc) is 3.28. The molecule has 9 heteroatoms. The van der Waals surface area contributed by atoms with Crippen molar-refractivity contribution in [1.82, 2.24) is 5.32 Å². The first-order valence-electron chi connectivity index (χ1n) is 28.0. The minimum absolute atomic E-state index is 0.00732. The van der Waals surface area contributed by atoms with Crippen molar-refractivity contribution in [2.45, 2.75) is 270 Å². The molecule has 3 unspecified atom stereocenters. The second kappa shape index (κ2) is 48.5. The topological polar surface area (TPSA) is 108 Å². The fourth-order valence-corrected chi connectivity index (χ4v) is 8.81. The summed E-state index contributed by atoms with van der Waals surface area (Å²) in [5, 5.41) is 13.8. The summed E-state index contributed by atoms with van der Waals surface area (Å²) in [5.74, 6) is -0.208. The minimum atomic E-state index is -4.60. The number of hydrogen-bond donors (Lipinski definition) is 2. The van der Waals surface area contributed by atoms with Gasteiger partial charge < -0.3 is 28.8 Å². The number of carbonyl (C=O) groups excluding carboxylic acids is 1. The molecule has 8 nitrogen and oxygen atoms in total. The van der Waals surface area contributed by atoms with Crippen LogP contribution in [0, 0.1) is 0 Å². The molecule has 0 aliphatic carbocycles. The highest BCUT2D eigenvalue weighted by Gasteiger charge is 2.23. The van der Waals surface area contributed by atoms with Gasteiger partial charge in [0.25, 0.3) is 7.82 Å². The lowest BCUT2D eigenvalue weighted by Gasteiger charge is -2.29. The molecule has 0 rings (SSSR count). The van der Waals surface area contributed by atoms with Crippen LogP contribution in [-0.2, 0) is 18.4 Å². The molecule has 1 amide bonds. The molecule has 0 aromatic carbocycles. The SMILES string of the molecule is CCCCCCCCCCC/C=C\C/C=C\CCCCCCCCCCCCCC(=O)NC(COP(=O)([O-])OCC[N+](C)(C)C)C(O)/C=C/CC/C=C/CCCCCCCCCCCCC. The van der Waals surface area contributed by atoms with E-state index >= 15 is 0 Å². The van der Waals surface area contributed by atoms with Gasteiger partial charge in [0.05, 0.1) is 39.9 Å². The highest BCUT2D eigenvalue weighted by molar-refractivity contribution is 7.45. The zero-order valence-corrected chi connectivity index (χ0v) is 45.0. The Morgan fingerprint density at radius 1 is 0.530 bits per heavy atom. The summed E-state index contributed by atoms with van der Waals surface area (Å²) in [5.41, 5.74) is 0. The first-order valence-corrected chi connectivity index (χ1v) is 29.5. The van der Waals surface area contributed by atoms with Crippen molar-refractivity contribution in [3.05, 3.63) is 48.6 Å².